The van der Waals surface area contributed by atoms with E-state index in [0.717, 1.165) is 57.2 Å². The minimum Gasteiger partial charge on any atom is -0.314 e. The molecule has 2 aromatic rings. The number of rotatable bonds is 4. The van der Waals surface area contributed by atoms with Crippen molar-refractivity contribution in [3.8, 4) is 5.69 Å². The van der Waals surface area contributed by atoms with Crippen molar-refractivity contribution in [3.05, 3.63) is 40.1 Å². The average molecular weight is 381 g/mol. The fourth-order valence-electron chi connectivity index (χ4n) is 3.69. The Bertz CT molecular complexity index is 728. The SMILES string of the molecule is Clc1ccc(-n2cc(CN3CCC(N4CCNCC4)C3)nn2)c(Cl)c1. The molecule has 134 valence electrons. The van der Waals surface area contributed by atoms with Crippen molar-refractivity contribution in [3.63, 3.8) is 0 Å². The van der Waals surface area contributed by atoms with Gasteiger partial charge in [0.1, 0.15) is 0 Å². The lowest BCUT2D eigenvalue weighted by molar-refractivity contribution is 0.170. The normalized spacial score (nSPS) is 22.6. The van der Waals surface area contributed by atoms with Gasteiger partial charge in [0.25, 0.3) is 0 Å². The van der Waals surface area contributed by atoms with Crippen LogP contribution in [0, 0.1) is 0 Å². The summed E-state index contributed by atoms with van der Waals surface area (Å²) in [7, 11) is 0. The van der Waals surface area contributed by atoms with Crippen molar-refractivity contribution >= 4 is 23.2 Å². The molecule has 1 aromatic heterocycles. The van der Waals surface area contributed by atoms with Gasteiger partial charge in [-0.15, -0.1) is 5.10 Å². The largest absolute Gasteiger partial charge is 0.314 e. The number of hydrogen-bond donors (Lipinski definition) is 1. The lowest BCUT2D eigenvalue weighted by Crippen LogP contribution is -2.49. The van der Waals surface area contributed by atoms with Crippen molar-refractivity contribution in [2.24, 2.45) is 0 Å². The van der Waals surface area contributed by atoms with Crippen LogP contribution in [0.1, 0.15) is 12.1 Å². The third-order valence-corrected chi connectivity index (χ3v) is 5.54. The Morgan fingerprint density at radius 1 is 1.16 bits per heavy atom. The molecule has 0 saturated carbocycles. The van der Waals surface area contributed by atoms with Crippen LogP contribution in [0.4, 0.5) is 0 Å². The highest BCUT2D eigenvalue weighted by Gasteiger charge is 2.28. The molecule has 0 spiro atoms. The van der Waals surface area contributed by atoms with Gasteiger partial charge in [-0.05, 0) is 24.6 Å². The zero-order valence-corrected chi connectivity index (χ0v) is 15.5. The molecule has 2 saturated heterocycles. The molecular weight excluding hydrogens is 359 g/mol. The standard InChI is InChI=1S/C17H22Cl2N6/c18-13-1-2-17(16(19)9-13)25-11-14(21-22-25)10-23-6-3-15(12-23)24-7-4-20-5-8-24/h1-2,9,11,15,20H,3-8,10,12H2. The third-order valence-electron chi connectivity index (χ3n) is 5.00. The Kier molecular flexibility index (Phi) is 5.24. The maximum atomic E-state index is 6.25. The molecule has 0 radical (unpaired) electrons. The molecule has 2 aliphatic heterocycles. The summed E-state index contributed by atoms with van der Waals surface area (Å²) in [5.41, 5.74) is 1.76. The quantitative estimate of drug-likeness (QED) is 0.879. The molecule has 25 heavy (non-hydrogen) atoms. The predicted molar refractivity (Wildman–Crippen MR) is 99.5 cm³/mol. The van der Waals surface area contributed by atoms with E-state index in [2.05, 4.69) is 25.4 Å². The van der Waals surface area contributed by atoms with E-state index in [1.807, 2.05) is 18.3 Å². The molecule has 1 aromatic carbocycles. The van der Waals surface area contributed by atoms with E-state index in [4.69, 9.17) is 23.2 Å². The molecule has 0 amide bonds. The first-order valence-electron chi connectivity index (χ1n) is 8.73. The smallest absolute Gasteiger partial charge is 0.0971 e. The second-order valence-corrected chi connectivity index (χ2v) is 7.56. The maximum absolute atomic E-state index is 6.25. The molecule has 6 nitrogen and oxygen atoms in total. The van der Waals surface area contributed by atoms with E-state index in [0.29, 0.717) is 16.1 Å². The number of nitrogens with one attached hydrogen (secondary N) is 1. The van der Waals surface area contributed by atoms with Gasteiger partial charge in [0.05, 0.1) is 22.6 Å². The van der Waals surface area contributed by atoms with Crippen LogP contribution in [-0.4, -0.2) is 70.1 Å². The summed E-state index contributed by atoms with van der Waals surface area (Å²) in [5.74, 6) is 0. The number of likely N-dealkylation sites (tertiary alicyclic amines) is 1. The fraction of sp³-hybridized carbons (Fsp3) is 0.529. The number of benzene rings is 1. The van der Waals surface area contributed by atoms with E-state index in [1.165, 1.54) is 6.42 Å². The van der Waals surface area contributed by atoms with Gasteiger partial charge in [0.2, 0.25) is 0 Å². The molecular formula is C17H22Cl2N6. The van der Waals surface area contributed by atoms with Crippen LogP contribution in [0.5, 0.6) is 0 Å². The molecule has 0 aliphatic carbocycles. The number of aromatic nitrogens is 3. The molecule has 4 rings (SSSR count). The average Bonchev–Trinajstić information content (AvgIpc) is 3.26. The van der Waals surface area contributed by atoms with Crippen molar-refractivity contribution in [1.29, 1.82) is 0 Å². The van der Waals surface area contributed by atoms with Gasteiger partial charge in [-0.2, -0.15) is 0 Å². The highest BCUT2D eigenvalue weighted by molar-refractivity contribution is 6.35. The van der Waals surface area contributed by atoms with Gasteiger partial charge in [0, 0.05) is 56.9 Å². The Labute approximate surface area is 157 Å². The first-order valence-corrected chi connectivity index (χ1v) is 9.48. The molecule has 2 fully saturated rings. The van der Waals surface area contributed by atoms with E-state index in [-0.39, 0.29) is 0 Å². The molecule has 1 N–H and O–H groups in total. The van der Waals surface area contributed by atoms with Crippen LogP contribution in [-0.2, 0) is 6.54 Å². The lowest BCUT2D eigenvalue weighted by Gasteiger charge is -2.32. The zero-order valence-electron chi connectivity index (χ0n) is 14.0. The summed E-state index contributed by atoms with van der Waals surface area (Å²) in [6.45, 7) is 7.57. The summed E-state index contributed by atoms with van der Waals surface area (Å²) in [6.07, 6.45) is 3.18. The van der Waals surface area contributed by atoms with Gasteiger partial charge in [-0.3, -0.25) is 9.80 Å². The van der Waals surface area contributed by atoms with Crippen LogP contribution < -0.4 is 5.32 Å². The third kappa shape index (κ3) is 3.99. The maximum Gasteiger partial charge on any atom is 0.0971 e. The highest BCUT2D eigenvalue weighted by Crippen LogP contribution is 2.24. The monoisotopic (exact) mass is 380 g/mol. The Hall–Kier alpha value is -1.18. The molecule has 1 atom stereocenters. The first-order chi connectivity index (χ1) is 12.2. The number of piperazine rings is 1. The minimum atomic E-state index is 0.573. The van der Waals surface area contributed by atoms with Gasteiger partial charge in [-0.25, -0.2) is 4.68 Å². The van der Waals surface area contributed by atoms with E-state index < -0.39 is 0 Å². The summed E-state index contributed by atoms with van der Waals surface area (Å²) in [4.78, 5) is 5.07. The van der Waals surface area contributed by atoms with E-state index in [9.17, 15) is 0 Å². The number of halogens is 2. The predicted octanol–water partition coefficient (Wildman–Crippen LogP) is 2.05. The molecule has 2 aliphatic rings. The van der Waals surface area contributed by atoms with Crippen molar-refractivity contribution < 1.29 is 0 Å². The topological polar surface area (TPSA) is 49.2 Å². The van der Waals surface area contributed by atoms with Crippen LogP contribution in [0.25, 0.3) is 5.69 Å². The van der Waals surface area contributed by atoms with Crippen LogP contribution in [0.15, 0.2) is 24.4 Å². The highest BCUT2D eigenvalue weighted by atomic mass is 35.5. The fourth-order valence-corrected chi connectivity index (χ4v) is 4.18. The van der Waals surface area contributed by atoms with Crippen LogP contribution in [0.2, 0.25) is 10.0 Å². The second-order valence-electron chi connectivity index (χ2n) is 6.71. The summed E-state index contributed by atoms with van der Waals surface area (Å²) < 4.78 is 1.72. The van der Waals surface area contributed by atoms with E-state index >= 15 is 0 Å². The number of nitrogens with zero attached hydrogens (tertiary/aromatic N) is 5. The van der Waals surface area contributed by atoms with Gasteiger partial charge in [0.15, 0.2) is 0 Å². The summed E-state index contributed by atoms with van der Waals surface area (Å²) >= 11 is 12.2. The van der Waals surface area contributed by atoms with Crippen molar-refractivity contribution in [2.75, 3.05) is 39.3 Å². The summed E-state index contributed by atoms with van der Waals surface area (Å²) in [6, 6.07) is 6.06. The molecule has 0 bridgehead atoms. The lowest BCUT2D eigenvalue weighted by atomic mass is 10.2. The summed E-state index contributed by atoms with van der Waals surface area (Å²) in [5, 5.41) is 13.1. The van der Waals surface area contributed by atoms with Crippen LogP contribution >= 0.6 is 23.2 Å². The van der Waals surface area contributed by atoms with Crippen molar-refractivity contribution in [1.82, 2.24) is 30.1 Å². The van der Waals surface area contributed by atoms with Crippen molar-refractivity contribution in [2.45, 2.75) is 19.0 Å². The first kappa shape index (κ1) is 17.2. The zero-order chi connectivity index (χ0) is 17.2. The second kappa shape index (κ2) is 7.60. The van der Waals surface area contributed by atoms with E-state index in [1.54, 1.807) is 10.7 Å². The Morgan fingerprint density at radius 3 is 2.80 bits per heavy atom. The Balaban J connectivity index is 1.38. The van der Waals surface area contributed by atoms with Gasteiger partial charge in [-0.1, -0.05) is 28.4 Å². The molecule has 1 unspecified atom stereocenters. The molecule has 3 heterocycles. The molecule has 8 heteroatoms. The van der Waals surface area contributed by atoms with Gasteiger partial charge < -0.3 is 5.32 Å². The van der Waals surface area contributed by atoms with Gasteiger partial charge >= 0.3 is 0 Å². The number of hydrogen-bond acceptors (Lipinski definition) is 5. The Morgan fingerprint density at radius 2 is 2.00 bits per heavy atom. The minimum absolute atomic E-state index is 0.573. The van der Waals surface area contributed by atoms with Crippen LogP contribution in [0.3, 0.4) is 0 Å².